The van der Waals surface area contributed by atoms with Crippen LogP contribution in [0.2, 0.25) is 0 Å². The quantitative estimate of drug-likeness (QED) is 0.609. The van der Waals surface area contributed by atoms with Crippen LogP contribution in [0, 0.1) is 5.82 Å². The van der Waals surface area contributed by atoms with Crippen molar-refractivity contribution in [1.29, 1.82) is 0 Å². The SMILES string of the molecule is CCOC(=O)O[C@@H]1CC=C[C@H]1c1ccccc1F. The molecule has 96 valence electrons. The molecule has 1 aliphatic carbocycles. The van der Waals surface area contributed by atoms with Crippen molar-refractivity contribution in [3.05, 3.63) is 47.8 Å². The molecule has 1 aromatic carbocycles. The van der Waals surface area contributed by atoms with Gasteiger partial charge in [0.15, 0.2) is 0 Å². The summed E-state index contributed by atoms with van der Waals surface area (Å²) in [5.41, 5.74) is 0.542. The maximum atomic E-state index is 13.7. The Morgan fingerprint density at radius 2 is 2.22 bits per heavy atom. The first-order chi connectivity index (χ1) is 8.72. The largest absolute Gasteiger partial charge is 0.508 e. The number of rotatable bonds is 3. The minimum atomic E-state index is -0.701. The van der Waals surface area contributed by atoms with Gasteiger partial charge in [0.2, 0.25) is 0 Å². The van der Waals surface area contributed by atoms with Gasteiger partial charge in [-0.3, -0.25) is 0 Å². The maximum Gasteiger partial charge on any atom is 0.508 e. The van der Waals surface area contributed by atoms with Crippen LogP contribution in [0.3, 0.4) is 0 Å². The molecule has 0 fully saturated rings. The summed E-state index contributed by atoms with van der Waals surface area (Å²) < 4.78 is 23.6. The van der Waals surface area contributed by atoms with Gasteiger partial charge in [-0.25, -0.2) is 9.18 Å². The summed E-state index contributed by atoms with van der Waals surface area (Å²) in [5.74, 6) is -0.526. The molecule has 0 amide bonds. The van der Waals surface area contributed by atoms with Crippen LogP contribution in [0.5, 0.6) is 0 Å². The van der Waals surface area contributed by atoms with Crippen LogP contribution < -0.4 is 0 Å². The van der Waals surface area contributed by atoms with Gasteiger partial charge < -0.3 is 9.47 Å². The molecule has 0 bridgehead atoms. The van der Waals surface area contributed by atoms with Crippen LogP contribution in [0.4, 0.5) is 9.18 Å². The molecular weight excluding hydrogens is 235 g/mol. The Kier molecular flexibility index (Phi) is 3.97. The third-order valence-electron chi connectivity index (χ3n) is 2.89. The van der Waals surface area contributed by atoms with Crippen molar-refractivity contribution < 1.29 is 18.7 Å². The Hall–Kier alpha value is -1.84. The lowest BCUT2D eigenvalue weighted by atomic mass is 9.96. The molecule has 0 unspecified atom stereocenters. The van der Waals surface area contributed by atoms with E-state index < -0.39 is 6.16 Å². The minimum absolute atomic E-state index is 0.240. The highest BCUT2D eigenvalue weighted by Gasteiger charge is 2.29. The van der Waals surface area contributed by atoms with E-state index in [-0.39, 0.29) is 24.4 Å². The van der Waals surface area contributed by atoms with Crippen molar-refractivity contribution in [3.8, 4) is 0 Å². The fourth-order valence-electron chi connectivity index (χ4n) is 2.08. The molecule has 0 N–H and O–H groups in total. The Morgan fingerprint density at radius 3 is 2.94 bits per heavy atom. The maximum absolute atomic E-state index is 13.7. The first kappa shape index (κ1) is 12.6. The number of carbonyl (C=O) groups excluding carboxylic acids is 1. The Bertz CT molecular complexity index is 456. The van der Waals surface area contributed by atoms with Gasteiger partial charge in [-0.1, -0.05) is 30.4 Å². The molecule has 2 rings (SSSR count). The van der Waals surface area contributed by atoms with Crippen molar-refractivity contribution in [1.82, 2.24) is 0 Å². The molecule has 1 aliphatic rings. The molecule has 0 saturated heterocycles. The van der Waals surface area contributed by atoms with Gasteiger partial charge in [0.1, 0.15) is 11.9 Å². The lowest BCUT2D eigenvalue weighted by Crippen LogP contribution is -2.22. The Morgan fingerprint density at radius 1 is 1.44 bits per heavy atom. The summed E-state index contributed by atoms with van der Waals surface area (Å²) in [5, 5.41) is 0. The third-order valence-corrected chi connectivity index (χ3v) is 2.89. The Balaban J connectivity index is 2.10. The normalized spacial score (nSPS) is 21.9. The molecule has 4 heteroatoms. The summed E-state index contributed by atoms with van der Waals surface area (Å²) in [4.78, 5) is 11.3. The summed E-state index contributed by atoms with van der Waals surface area (Å²) in [6, 6.07) is 6.52. The second kappa shape index (κ2) is 5.67. The monoisotopic (exact) mass is 250 g/mol. The van der Waals surface area contributed by atoms with Crippen LogP contribution in [0.15, 0.2) is 36.4 Å². The summed E-state index contributed by atoms with van der Waals surface area (Å²) in [6.45, 7) is 1.98. The molecule has 0 radical (unpaired) electrons. The van der Waals surface area contributed by atoms with Gasteiger partial charge in [0.05, 0.1) is 6.61 Å². The molecule has 0 spiro atoms. The number of halogens is 1. The number of ether oxygens (including phenoxy) is 2. The number of hydrogen-bond acceptors (Lipinski definition) is 3. The van der Waals surface area contributed by atoms with E-state index in [0.29, 0.717) is 12.0 Å². The van der Waals surface area contributed by atoms with E-state index in [1.54, 1.807) is 25.1 Å². The van der Waals surface area contributed by atoms with Crippen molar-refractivity contribution in [2.75, 3.05) is 6.61 Å². The fourth-order valence-corrected chi connectivity index (χ4v) is 2.08. The molecule has 1 aromatic rings. The van der Waals surface area contributed by atoms with E-state index in [0.717, 1.165) is 0 Å². The predicted molar refractivity (Wildman–Crippen MR) is 64.8 cm³/mol. The number of benzene rings is 1. The van der Waals surface area contributed by atoms with Gasteiger partial charge in [0.25, 0.3) is 0 Å². The van der Waals surface area contributed by atoms with Crippen molar-refractivity contribution in [3.63, 3.8) is 0 Å². The second-order valence-electron chi connectivity index (χ2n) is 4.05. The van der Waals surface area contributed by atoms with Crippen LogP contribution in [0.25, 0.3) is 0 Å². The first-order valence-electron chi connectivity index (χ1n) is 5.97. The van der Waals surface area contributed by atoms with Gasteiger partial charge in [-0.2, -0.15) is 0 Å². The highest BCUT2D eigenvalue weighted by Crippen LogP contribution is 2.32. The number of hydrogen-bond donors (Lipinski definition) is 0. The predicted octanol–water partition coefficient (Wildman–Crippen LogP) is 3.41. The first-order valence-corrected chi connectivity index (χ1v) is 5.97. The molecule has 0 aliphatic heterocycles. The molecular formula is C14H15FO3. The molecule has 3 nitrogen and oxygen atoms in total. The smallest absolute Gasteiger partial charge is 0.435 e. The summed E-state index contributed by atoms with van der Waals surface area (Å²) >= 11 is 0. The van der Waals surface area contributed by atoms with E-state index in [1.807, 2.05) is 12.2 Å². The van der Waals surface area contributed by atoms with E-state index >= 15 is 0 Å². The average Bonchev–Trinajstić information content (AvgIpc) is 2.78. The Labute approximate surface area is 105 Å². The van der Waals surface area contributed by atoms with Crippen molar-refractivity contribution in [2.24, 2.45) is 0 Å². The van der Waals surface area contributed by atoms with Gasteiger partial charge in [-0.05, 0) is 18.6 Å². The zero-order valence-corrected chi connectivity index (χ0v) is 10.1. The van der Waals surface area contributed by atoms with Crippen LogP contribution in [-0.4, -0.2) is 18.9 Å². The van der Waals surface area contributed by atoms with Gasteiger partial charge >= 0.3 is 6.16 Å². The fraction of sp³-hybridized carbons (Fsp3) is 0.357. The molecule has 0 heterocycles. The zero-order valence-electron chi connectivity index (χ0n) is 10.1. The molecule has 0 aromatic heterocycles. The number of carbonyl (C=O) groups is 1. The zero-order chi connectivity index (χ0) is 13.0. The van der Waals surface area contributed by atoms with Gasteiger partial charge in [-0.15, -0.1) is 0 Å². The molecule has 0 saturated carbocycles. The highest BCUT2D eigenvalue weighted by molar-refractivity contribution is 5.60. The van der Waals surface area contributed by atoms with Gasteiger partial charge in [0, 0.05) is 12.3 Å². The van der Waals surface area contributed by atoms with E-state index in [4.69, 9.17) is 9.47 Å². The van der Waals surface area contributed by atoms with E-state index in [1.165, 1.54) is 6.07 Å². The lowest BCUT2D eigenvalue weighted by Gasteiger charge is -2.20. The van der Waals surface area contributed by atoms with Crippen molar-refractivity contribution in [2.45, 2.75) is 25.4 Å². The average molecular weight is 250 g/mol. The second-order valence-corrected chi connectivity index (χ2v) is 4.05. The summed E-state index contributed by atoms with van der Waals surface area (Å²) in [6.07, 6.45) is 3.25. The van der Waals surface area contributed by atoms with Crippen LogP contribution in [0.1, 0.15) is 24.8 Å². The third kappa shape index (κ3) is 2.70. The minimum Gasteiger partial charge on any atom is -0.435 e. The van der Waals surface area contributed by atoms with E-state index in [2.05, 4.69) is 0 Å². The summed E-state index contributed by atoms with van der Waals surface area (Å²) in [7, 11) is 0. The molecule has 2 atom stereocenters. The molecule has 18 heavy (non-hydrogen) atoms. The lowest BCUT2D eigenvalue weighted by molar-refractivity contribution is 0.0250. The standard InChI is InChI=1S/C14H15FO3/c1-2-17-14(16)18-13-9-5-7-11(13)10-6-3-4-8-12(10)15/h3-8,11,13H,2,9H2,1H3/t11-,13+/m0/s1. The topological polar surface area (TPSA) is 35.5 Å². The van der Waals surface area contributed by atoms with Crippen molar-refractivity contribution >= 4 is 6.16 Å². The van der Waals surface area contributed by atoms with E-state index in [9.17, 15) is 9.18 Å². The van der Waals surface area contributed by atoms with Crippen LogP contribution >= 0.6 is 0 Å². The van der Waals surface area contributed by atoms with Crippen LogP contribution in [-0.2, 0) is 9.47 Å². The highest BCUT2D eigenvalue weighted by atomic mass is 19.1.